The van der Waals surface area contributed by atoms with Crippen LogP contribution in [-0.2, 0) is 9.53 Å². The number of nitro groups is 1. The summed E-state index contributed by atoms with van der Waals surface area (Å²) in [7, 11) is 2.86. The van der Waals surface area contributed by atoms with Crippen LogP contribution in [0.4, 0.5) is 11.4 Å². The summed E-state index contributed by atoms with van der Waals surface area (Å²) in [6, 6.07) is 8.64. The molecule has 9 nitrogen and oxygen atoms in total. The van der Waals surface area contributed by atoms with E-state index < -0.39 is 23.4 Å². The number of methoxy groups -OCH3 is 2. The largest absolute Gasteiger partial charge is 0.497 e. The predicted octanol–water partition coefficient (Wildman–Crippen LogP) is 2.72. The molecule has 9 heteroatoms. The molecule has 0 heterocycles. The lowest BCUT2D eigenvalue weighted by molar-refractivity contribution is -0.384. The van der Waals surface area contributed by atoms with Gasteiger partial charge in [-0.3, -0.25) is 14.9 Å². The zero-order valence-corrected chi connectivity index (χ0v) is 15.0. The van der Waals surface area contributed by atoms with Crippen molar-refractivity contribution in [3.05, 3.63) is 57.6 Å². The van der Waals surface area contributed by atoms with Crippen LogP contribution in [0.25, 0.3) is 0 Å². The van der Waals surface area contributed by atoms with Gasteiger partial charge in [0.2, 0.25) is 0 Å². The fraction of sp³-hybridized carbons (Fsp3) is 0.222. The van der Waals surface area contributed by atoms with E-state index in [2.05, 4.69) is 5.32 Å². The molecule has 0 spiro atoms. The summed E-state index contributed by atoms with van der Waals surface area (Å²) in [5, 5.41) is 13.3. The van der Waals surface area contributed by atoms with E-state index in [-0.39, 0.29) is 17.0 Å². The molecule has 0 aliphatic rings. The number of ether oxygens (including phenoxy) is 3. The van der Waals surface area contributed by atoms with Crippen LogP contribution in [0.1, 0.15) is 15.9 Å². The topological polar surface area (TPSA) is 117 Å². The van der Waals surface area contributed by atoms with Gasteiger partial charge in [0.15, 0.2) is 6.61 Å². The lowest BCUT2D eigenvalue weighted by atomic mass is 10.2. The van der Waals surface area contributed by atoms with Crippen molar-refractivity contribution in [1.29, 1.82) is 0 Å². The van der Waals surface area contributed by atoms with E-state index in [9.17, 15) is 19.7 Å². The van der Waals surface area contributed by atoms with Crippen molar-refractivity contribution in [2.75, 3.05) is 26.1 Å². The van der Waals surface area contributed by atoms with E-state index in [0.717, 1.165) is 0 Å². The molecule has 27 heavy (non-hydrogen) atoms. The van der Waals surface area contributed by atoms with Crippen LogP contribution >= 0.6 is 0 Å². The molecule has 0 fully saturated rings. The Hall–Kier alpha value is -3.62. The van der Waals surface area contributed by atoms with Crippen molar-refractivity contribution < 1.29 is 28.7 Å². The number of carbonyl (C=O) groups is 2. The fourth-order valence-corrected chi connectivity index (χ4v) is 2.27. The van der Waals surface area contributed by atoms with Gasteiger partial charge in [0.1, 0.15) is 17.1 Å². The number of rotatable bonds is 7. The average Bonchev–Trinajstić information content (AvgIpc) is 2.66. The second kappa shape index (κ2) is 8.65. The number of non-ortho nitro benzene ring substituents is 1. The number of anilines is 1. The van der Waals surface area contributed by atoms with Crippen LogP contribution in [0.15, 0.2) is 36.4 Å². The maximum absolute atomic E-state index is 12.2. The third kappa shape index (κ3) is 4.94. The van der Waals surface area contributed by atoms with Crippen LogP contribution in [0.5, 0.6) is 11.5 Å². The third-order valence-corrected chi connectivity index (χ3v) is 3.66. The number of aryl methyl sites for hydroxylation is 1. The molecular weight excluding hydrogens is 356 g/mol. The van der Waals surface area contributed by atoms with Gasteiger partial charge in [0, 0.05) is 17.8 Å². The van der Waals surface area contributed by atoms with Crippen molar-refractivity contribution in [2.24, 2.45) is 0 Å². The first-order valence-corrected chi connectivity index (χ1v) is 7.79. The van der Waals surface area contributed by atoms with E-state index in [1.807, 2.05) is 0 Å². The van der Waals surface area contributed by atoms with E-state index in [0.29, 0.717) is 17.0 Å². The van der Waals surface area contributed by atoms with Crippen LogP contribution in [0.2, 0.25) is 0 Å². The summed E-state index contributed by atoms with van der Waals surface area (Å²) in [5.74, 6) is -0.607. The molecule has 1 amide bonds. The lowest BCUT2D eigenvalue weighted by Crippen LogP contribution is -2.21. The van der Waals surface area contributed by atoms with Gasteiger partial charge in [0.05, 0.1) is 19.1 Å². The highest BCUT2D eigenvalue weighted by Crippen LogP contribution is 2.25. The molecule has 0 radical (unpaired) electrons. The minimum absolute atomic E-state index is 0.0814. The Morgan fingerprint density at radius 2 is 1.85 bits per heavy atom. The highest BCUT2D eigenvalue weighted by molar-refractivity contribution is 5.97. The molecule has 2 rings (SSSR count). The number of carbonyl (C=O) groups excluding carboxylic acids is 2. The number of amides is 1. The Kier molecular flexibility index (Phi) is 6.32. The molecule has 1 N–H and O–H groups in total. The first-order chi connectivity index (χ1) is 12.8. The maximum Gasteiger partial charge on any atom is 0.342 e. The van der Waals surface area contributed by atoms with E-state index in [1.54, 1.807) is 19.1 Å². The molecule has 0 aliphatic carbocycles. The maximum atomic E-state index is 12.2. The monoisotopic (exact) mass is 374 g/mol. The van der Waals surface area contributed by atoms with Crippen LogP contribution in [0.3, 0.4) is 0 Å². The molecular formula is C18H18N2O7. The molecule has 2 aromatic rings. The van der Waals surface area contributed by atoms with Gasteiger partial charge in [-0.2, -0.15) is 0 Å². The average molecular weight is 374 g/mol. The molecule has 0 unspecified atom stereocenters. The molecule has 2 aromatic carbocycles. The first kappa shape index (κ1) is 19.7. The number of esters is 1. The van der Waals surface area contributed by atoms with Gasteiger partial charge >= 0.3 is 5.97 Å². The Morgan fingerprint density at radius 3 is 2.44 bits per heavy atom. The Morgan fingerprint density at radius 1 is 1.11 bits per heavy atom. The van der Waals surface area contributed by atoms with Crippen LogP contribution in [-0.4, -0.2) is 37.6 Å². The number of hydrogen-bond acceptors (Lipinski definition) is 7. The lowest BCUT2D eigenvalue weighted by Gasteiger charge is -2.11. The van der Waals surface area contributed by atoms with E-state index >= 15 is 0 Å². The smallest absolute Gasteiger partial charge is 0.342 e. The summed E-state index contributed by atoms with van der Waals surface area (Å²) in [4.78, 5) is 34.5. The molecule has 0 aromatic heterocycles. The zero-order valence-electron chi connectivity index (χ0n) is 15.0. The standard InChI is InChI=1S/C18H18N2O7/c1-11-8-12(20(23)24)4-6-15(11)19-17(21)10-27-18(22)14-9-13(25-2)5-7-16(14)26-3/h4-9H,10H2,1-3H3,(H,19,21). The van der Waals surface area contributed by atoms with Gasteiger partial charge < -0.3 is 19.5 Å². The van der Waals surface area contributed by atoms with Gasteiger partial charge in [-0.15, -0.1) is 0 Å². The summed E-state index contributed by atoms with van der Waals surface area (Å²) in [5.41, 5.74) is 0.942. The molecule has 0 bridgehead atoms. The summed E-state index contributed by atoms with van der Waals surface area (Å²) < 4.78 is 15.2. The number of nitrogens with zero attached hydrogens (tertiary/aromatic N) is 1. The van der Waals surface area contributed by atoms with Gasteiger partial charge in [-0.1, -0.05) is 0 Å². The minimum Gasteiger partial charge on any atom is -0.497 e. The predicted molar refractivity (Wildman–Crippen MR) is 96.3 cm³/mol. The van der Waals surface area contributed by atoms with Gasteiger partial charge in [0.25, 0.3) is 11.6 Å². The SMILES string of the molecule is COc1ccc(OC)c(C(=O)OCC(=O)Nc2ccc([N+](=O)[O-])cc2C)c1. The molecule has 0 atom stereocenters. The van der Waals surface area contributed by atoms with Crippen molar-refractivity contribution >= 4 is 23.3 Å². The highest BCUT2D eigenvalue weighted by atomic mass is 16.6. The Labute approximate surface area is 155 Å². The van der Waals surface area contributed by atoms with Gasteiger partial charge in [-0.25, -0.2) is 4.79 Å². The fourth-order valence-electron chi connectivity index (χ4n) is 2.27. The summed E-state index contributed by atoms with van der Waals surface area (Å²) >= 11 is 0. The van der Waals surface area contributed by atoms with Crippen molar-refractivity contribution in [3.8, 4) is 11.5 Å². The summed E-state index contributed by atoms with van der Waals surface area (Å²) in [6.07, 6.45) is 0. The second-order valence-electron chi connectivity index (χ2n) is 5.45. The molecule has 0 aliphatic heterocycles. The highest BCUT2D eigenvalue weighted by Gasteiger charge is 2.17. The molecule has 0 saturated heterocycles. The normalized spacial score (nSPS) is 10.0. The minimum atomic E-state index is -0.749. The van der Waals surface area contributed by atoms with Gasteiger partial charge in [-0.05, 0) is 36.8 Å². The third-order valence-electron chi connectivity index (χ3n) is 3.66. The number of nitro benzene ring substituents is 1. The second-order valence-corrected chi connectivity index (χ2v) is 5.45. The van der Waals surface area contributed by atoms with E-state index in [1.165, 1.54) is 38.5 Å². The Balaban J connectivity index is 2.01. The first-order valence-electron chi connectivity index (χ1n) is 7.79. The molecule has 0 saturated carbocycles. The number of nitrogens with one attached hydrogen (secondary N) is 1. The van der Waals surface area contributed by atoms with Crippen molar-refractivity contribution in [1.82, 2.24) is 0 Å². The zero-order chi connectivity index (χ0) is 20.0. The van der Waals surface area contributed by atoms with Crippen molar-refractivity contribution in [2.45, 2.75) is 6.92 Å². The van der Waals surface area contributed by atoms with E-state index in [4.69, 9.17) is 14.2 Å². The van der Waals surface area contributed by atoms with Crippen LogP contribution in [0, 0.1) is 17.0 Å². The molecule has 142 valence electrons. The quantitative estimate of drug-likeness (QED) is 0.450. The number of hydrogen-bond donors (Lipinski definition) is 1. The summed E-state index contributed by atoms with van der Waals surface area (Å²) in [6.45, 7) is 1.09. The van der Waals surface area contributed by atoms with Crippen molar-refractivity contribution in [3.63, 3.8) is 0 Å². The number of benzene rings is 2. The van der Waals surface area contributed by atoms with Crippen LogP contribution < -0.4 is 14.8 Å². The Bertz CT molecular complexity index is 880.